The number of rotatable bonds is 2. The van der Waals surface area contributed by atoms with Crippen LogP contribution in [0.1, 0.15) is 41.5 Å². The molecule has 0 amide bonds. The van der Waals surface area contributed by atoms with Crippen molar-refractivity contribution in [3.8, 4) is 0 Å². The van der Waals surface area contributed by atoms with Gasteiger partial charge in [-0.15, -0.1) is 0 Å². The lowest BCUT2D eigenvalue weighted by molar-refractivity contribution is 0.579. The number of amidine groups is 2. The highest BCUT2D eigenvalue weighted by molar-refractivity contribution is 6.48. The molecule has 0 aromatic heterocycles. The zero-order chi connectivity index (χ0) is 19.2. The van der Waals surface area contributed by atoms with Crippen LogP contribution in [0.25, 0.3) is 0 Å². The van der Waals surface area contributed by atoms with E-state index in [-0.39, 0.29) is 11.1 Å². The van der Waals surface area contributed by atoms with E-state index in [1.807, 2.05) is 60.7 Å². The third-order valence-electron chi connectivity index (χ3n) is 3.19. The molecule has 26 heavy (non-hydrogen) atoms. The van der Waals surface area contributed by atoms with E-state index < -0.39 is 0 Å². The molecular weight excluding hydrogens is 320 g/mol. The second-order valence-electron chi connectivity index (χ2n) is 8.24. The molecule has 0 spiro atoms. The first kappa shape index (κ1) is 19.7. The Morgan fingerprint density at radius 2 is 0.885 bits per heavy atom. The molecule has 0 aliphatic carbocycles. The van der Waals surface area contributed by atoms with Crippen molar-refractivity contribution in [2.24, 2.45) is 9.98 Å². The number of para-hydroxylation sites is 2. The molecule has 0 aliphatic heterocycles. The molecule has 2 N–H and O–H groups in total. The minimum absolute atomic E-state index is 0.242. The van der Waals surface area contributed by atoms with Crippen molar-refractivity contribution in [1.29, 1.82) is 0 Å². The summed E-state index contributed by atoms with van der Waals surface area (Å²) in [6, 6.07) is 20.1. The van der Waals surface area contributed by atoms with E-state index in [1.54, 1.807) is 0 Å². The molecule has 0 heterocycles. The summed E-state index contributed by atoms with van der Waals surface area (Å²) in [5, 5.41) is 6.87. The highest BCUT2D eigenvalue weighted by Crippen LogP contribution is 2.15. The fourth-order valence-corrected chi connectivity index (χ4v) is 2.27. The lowest BCUT2D eigenvalue weighted by Crippen LogP contribution is -2.35. The van der Waals surface area contributed by atoms with Gasteiger partial charge >= 0.3 is 0 Å². The molecule has 0 fully saturated rings. The Labute approximate surface area is 157 Å². The van der Waals surface area contributed by atoms with Crippen LogP contribution in [0.4, 0.5) is 11.4 Å². The summed E-state index contributed by atoms with van der Waals surface area (Å²) in [6.07, 6.45) is 0. The van der Waals surface area contributed by atoms with Gasteiger partial charge in [-0.1, -0.05) is 36.4 Å². The maximum absolute atomic E-state index is 4.90. The lowest BCUT2D eigenvalue weighted by Gasteiger charge is -2.22. The largest absolute Gasteiger partial charge is 0.337 e. The quantitative estimate of drug-likeness (QED) is 0.547. The number of nitrogens with one attached hydrogen (secondary N) is 2. The first-order valence-corrected chi connectivity index (χ1v) is 8.97. The van der Waals surface area contributed by atoms with Crippen LogP contribution in [0.2, 0.25) is 0 Å². The molecule has 4 nitrogen and oxygen atoms in total. The summed E-state index contributed by atoms with van der Waals surface area (Å²) < 4.78 is 0. The van der Waals surface area contributed by atoms with Gasteiger partial charge in [0.2, 0.25) is 0 Å². The van der Waals surface area contributed by atoms with Crippen molar-refractivity contribution in [2.45, 2.75) is 52.6 Å². The highest BCUT2D eigenvalue weighted by atomic mass is 15.1. The fraction of sp³-hybridized carbons (Fsp3) is 0.364. The first-order valence-electron chi connectivity index (χ1n) is 8.97. The zero-order valence-corrected chi connectivity index (χ0v) is 16.7. The summed E-state index contributed by atoms with van der Waals surface area (Å²) in [4.78, 5) is 9.79. The van der Waals surface area contributed by atoms with Gasteiger partial charge < -0.3 is 10.6 Å². The topological polar surface area (TPSA) is 48.8 Å². The van der Waals surface area contributed by atoms with Crippen LogP contribution in [-0.4, -0.2) is 22.7 Å². The Bertz CT molecular complexity index is 681. The zero-order valence-electron chi connectivity index (χ0n) is 16.7. The lowest BCUT2D eigenvalue weighted by atomic mass is 10.1. The molecular formula is C22H30N4. The van der Waals surface area contributed by atoms with Crippen LogP contribution in [0, 0.1) is 0 Å². The molecule has 138 valence electrons. The summed E-state index contributed by atoms with van der Waals surface area (Å²) >= 11 is 0. The van der Waals surface area contributed by atoms with Crippen LogP contribution < -0.4 is 10.6 Å². The highest BCUT2D eigenvalue weighted by Gasteiger charge is 2.19. The number of aliphatic imine (C=N–C) groups is 2. The molecule has 0 atom stereocenters. The molecule has 2 rings (SSSR count). The second kappa shape index (κ2) is 8.17. The van der Waals surface area contributed by atoms with E-state index in [4.69, 9.17) is 9.98 Å². The van der Waals surface area contributed by atoms with Gasteiger partial charge in [0.1, 0.15) is 0 Å². The SMILES string of the molecule is CC(C)(C)N=C(Nc1ccccc1)C(=NC(C)(C)C)Nc1ccccc1. The van der Waals surface area contributed by atoms with E-state index in [0.717, 1.165) is 23.0 Å². The summed E-state index contributed by atoms with van der Waals surface area (Å²) in [5.41, 5.74) is 1.47. The molecule has 0 aliphatic rings. The Balaban J connectivity index is 2.46. The Hall–Kier alpha value is -2.62. The van der Waals surface area contributed by atoms with Gasteiger partial charge in [-0.3, -0.25) is 9.98 Å². The van der Waals surface area contributed by atoms with Crippen molar-refractivity contribution in [1.82, 2.24) is 0 Å². The number of hydrogen-bond donors (Lipinski definition) is 2. The van der Waals surface area contributed by atoms with Crippen LogP contribution in [0.15, 0.2) is 70.6 Å². The van der Waals surface area contributed by atoms with Crippen LogP contribution in [0.5, 0.6) is 0 Å². The molecule has 0 radical (unpaired) electrons. The molecule has 0 saturated heterocycles. The van der Waals surface area contributed by atoms with Crippen molar-refractivity contribution >= 4 is 23.0 Å². The number of nitrogens with zero attached hydrogens (tertiary/aromatic N) is 2. The first-order chi connectivity index (χ1) is 12.1. The average molecular weight is 351 g/mol. The van der Waals surface area contributed by atoms with Gasteiger partial charge in [-0.05, 0) is 65.8 Å². The number of benzene rings is 2. The number of anilines is 2. The Morgan fingerprint density at radius 1 is 0.577 bits per heavy atom. The predicted octanol–water partition coefficient (Wildman–Crippen LogP) is 5.60. The minimum Gasteiger partial charge on any atom is -0.337 e. The van der Waals surface area contributed by atoms with Gasteiger partial charge in [0, 0.05) is 11.4 Å². The Morgan fingerprint density at radius 3 is 1.15 bits per heavy atom. The average Bonchev–Trinajstić information content (AvgIpc) is 2.53. The maximum Gasteiger partial charge on any atom is 0.169 e. The van der Waals surface area contributed by atoms with Crippen LogP contribution in [-0.2, 0) is 0 Å². The van der Waals surface area contributed by atoms with E-state index in [0.29, 0.717) is 0 Å². The Kier molecular flexibility index (Phi) is 6.19. The van der Waals surface area contributed by atoms with E-state index >= 15 is 0 Å². The van der Waals surface area contributed by atoms with Crippen molar-refractivity contribution < 1.29 is 0 Å². The predicted molar refractivity (Wildman–Crippen MR) is 115 cm³/mol. The molecule has 0 saturated carbocycles. The molecule has 0 unspecified atom stereocenters. The van der Waals surface area contributed by atoms with Crippen molar-refractivity contribution in [3.05, 3.63) is 60.7 Å². The van der Waals surface area contributed by atoms with Gasteiger partial charge in [-0.2, -0.15) is 0 Å². The minimum atomic E-state index is -0.242. The van der Waals surface area contributed by atoms with E-state index in [2.05, 4.69) is 52.2 Å². The summed E-state index contributed by atoms with van der Waals surface area (Å²) in [7, 11) is 0. The van der Waals surface area contributed by atoms with Gasteiger partial charge in [0.25, 0.3) is 0 Å². The standard InChI is InChI=1S/C22H30N4/c1-21(2,3)25-19(23-17-13-9-7-10-14-17)20(26-22(4,5)6)24-18-15-11-8-12-16-18/h7-16H,1-6H3,(H,23,25)(H,24,26). The smallest absolute Gasteiger partial charge is 0.169 e. The van der Waals surface area contributed by atoms with Crippen LogP contribution in [0.3, 0.4) is 0 Å². The monoisotopic (exact) mass is 350 g/mol. The molecule has 2 aromatic carbocycles. The normalized spacial score (nSPS) is 13.5. The fourth-order valence-electron chi connectivity index (χ4n) is 2.27. The van der Waals surface area contributed by atoms with Crippen molar-refractivity contribution in [3.63, 3.8) is 0 Å². The molecule has 0 bridgehead atoms. The summed E-state index contributed by atoms with van der Waals surface area (Å²) in [6.45, 7) is 12.5. The molecule has 4 heteroatoms. The maximum atomic E-state index is 4.90. The van der Waals surface area contributed by atoms with Gasteiger partial charge in [0.15, 0.2) is 11.7 Å². The van der Waals surface area contributed by atoms with Gasteiger partial charge in [0.05, 0.1) is 11.1 Å². The van der Waals surface area contributed by atoms with Gasteiger partial charge in [-0.25, -0.2) is 0 Å². The number of hydrogen-bond acceptors (Lipinski definition) is 2. The van der Waals surface area contributed by atoms with Crippen molar-refractivity contribution in [2.75, 3.05) is 10.6 Å². The second-order valence-corrected chi connectivity index (χ2v) is 8.24. The molecule has 2 aromatic rings. The summed E-state index contributed by atoms with van der Waals surface area (Å²) in [5.74, 6) is 1.45. The van der Waals surface area contributed by atoms with E-state index in [9.17, 15) is 0 Å². The third kappa shape index (κ3) is 7.09. The van der Waals surface area contributed by atoms with E-state index in [1.165, 1.54) is 0 Å². The van der Waals surface area contributed by atoms with Crippen LogP contribution >= 0.6 is 0 Å². The third-order valence-corrected chi connectivity index (χ3v) is 3.19.